The van der Waals surface area contributed by atoms with Gasteiger partial charge in [-0.1, -0.05) is 166 Å². The minimum atomic E-state index is -0.663. The summed E-state index contributed by atoms with van der Waals surface area (Å²) in [5, 5.41) is 0. The van der Waals surface area contributed by atoms with E-state index in [1.807, 2.05) is 18.2 Å². The molecule has 4 heteroatoms. The van der Waals surface area contributed by atoms with Gasteiger partial charge in [0.15, 0.2) is 17.5 Å². The van der Waals surface area contributed by atoms with Gasteiger partial charge < -0.3 is 0 Å². The van der Waals surface area contributed by atoms with E-state index in [0.29, 0.717) is 17.5 Å². The van der Waals surface area contributed by atoms with Crippen LogP contribution in [0.5, 0.6) is 0 Å². The fourth-order valence-corrected chi connectivity index (χ4v) is 12.1. The lowest BCUT2D eigenvalue weighted by molar-refractivity contribution is 0.607. The Morgan fingerprint density at radius 2 is 0.793 bits per heavy atom. The Kier molecular flexibility index (Phi) is 8.09. The van der Waals surface area contributed by atoms with Crippen molar-refractivity contribution in [3.8, 4) is 78.7 Å². The lowest BCUT2D eigenvalue weighted by Gasteiger charge is -2.39. The van der Waals surface area contributed by atoms with Gasteiger partial charge in [0.1, 0.15) is 0 Å². The van der Waals surface area contributed by atoms with Crippen LogP contribution in [-0.4, -0.2) is 15.0 Å². The molecule has 0 N–H and O–H groups in total. The predicted molar refractivity (Wildman–Crippen MR) is 240 cm³/mol. The summed E-state index contributed by atoms with van der Waals surface area (Å²) >= 11 is 0. The van der Waals surface area contributed by atoms with Crippen LogP contribution >= 0.6 is 10.9 Å². The summed E-state index contributed by atoms with van der Waals surface area (Å²) in [4.78, 5) is 19.9. The van der Waals surface area contributed by atoms with E-state index in [4.69, 9.17) is 15.0 Å². The molecule has 0 saturated carbocycles. The maximum absolute atomic E-state index is 5.26. The SMILES string of the molecule is CC1(C)c2ccccc2[SH]2c3ccc(-c4nc(-c5ccccc5)nc(-c5cccc(-c6cc(-c7ccccc7)cc(-c7ccccc7)c6)c5)n4)cc3-c3cccc1c32. The Hall–Kier alpha value is -6.88. The van der Waals surface area contributed by atoms with Crippen LogP contribution < -0.4 is 0 Å². The summed E-state index contributed by atoms with van der Waals surface area (Å²) in [6.45, 7) is 4.74. The smallest absolute Gasteiger partial charge is 0.164 e. The Bertz CT molecular complexity index is 2970. The average Bonchev–Trinajstić information content (AvgIpc) is 3.63. The summed E-state index contributed by atoms with van der Waals surface area (Å²) in [5.74, 6) is 1.97. The van der Waals surface area contributed by atoms with Gasteiger partial charge in [0.25, 0.3) is 0 Å². The number of benzene rings is 8. The molecule has 2 aliphatic heterocycles. The zero-order valence-corrected chi connectivity index (χ0v) is 33.2. The molecule has 0 fully saturated rings. The lowest BCUT2D eigenvalue weighted by atomic mass is 9.77. The molecule has 8 aromatic carbocycles. The minimum absolute atomic E-state index is 0.0696. The molecule has 1 aromatic heterocycles. The van der Waals surface area contributed by atoms with Gasteiger partial charge in [0.05, 0.1) is 0 Å². The highest BCUT2D eigenvalue weighted by Gasteiger charge is 2.41. The second-order valence-electron chi connectivity index (χ2n) is 15.7. The van der Waals surface area contributed by atoms with Crippen molar-refractivity contribution in [2.24, 2.45) is 0 Å². The van der Waals surface area contributed by atoms with E-state index >= 15 is 0 Å². The third kappa shape index (κ3) is 5.71. The Labute approximate surface area is 342 Å². The summed E-state index contributed by atoms with van der Waals surface area (Å²) in [6, 6.07) is 69.8. The van der Waals surface area contributed by atoms with Gasteiger partial charge in [0, 0.05) is 31.9 Å². The zero-order chi connectivity index (χ0) is 38.8. The Balaban J connectivity index is 1.05. The maximum atomic E-state index is 5.26. The van der Waals surface area contributed by atoms with Crippen LogP contribution in [0.1, 0.15) is 25.0 Å². The van der Waals surface area contributed by atoms with Gasteiger partial charge in [-0.15, -0.1) is 0 Å². The fraction of sp³-hybridized carbons (Fsp3) is 0.0556. The van der Waals surface area contributed by atoms with E-state index in [-0.39, 0.29) is 5.41 Å². The van der Waals surface area contributed by atoms with Gasteiger partial charge in [-0.3, -0.25) is 0 Å². The summed E-state index contributed by atoms with van der Waals surface area (Å²) in [6.07, 6.45) is 0. The number of rotatable bonds is 6. The van der Waals surface area contributed by atoms with Crippen molar-refractivity contribution in [2.45, 2.75) is 33.9 Å². The van der Waals surface area contributed by atoms with Crippen molar-refractivity contribution in [3.63, 3.8) is 0 Å². The average molecular weight is 762 g/mol. The van der Waals surface area contributed by atoms with Crippen molar-refractivity contribution >= 4 is 10.9 Å². The normalized spacial score (nSPS) is 15.0. The molecule has 0 amide bonds. The molecule has 0 aliphatic carbocycles. The number of thiol groups is 1. The zero-order valence-electron chi connectivity index (χ0n) is 32.3. The van der Waals surface area contributed by atoms with Crippen molar-refractivity contribution < 1.29 is 0 Å². The van der Waals surface area contributed by atoms with Gasteiger partial charge in [-0.25, -0.2) is 15.0 Å². The standard InChI is InChI=1S/C54H39N3S/c1-54(2)46-25-12-13-27-49(46)58-48-29-28-40(34-45(48)44-24-15-26-47(54)50(44)58)53-56-51(37-20-10-5-11-21-37)55-52(57-53)39-23-14-22-38(30-39)43-32-41(35-16-6-3-7-17-35)31-42(33-43)36-18-8-4-9-19-36/h3-34,58H,1-2H3. The van der Waals surface area contributed by atoms with E-state index < -0.39 is 10.9 Å². The molecule has 2 aliphatic rings. The summed E-state index contributed by atoms with van der Waals surface area (Å²) in [5.41, 5.74) is 15.2. The quantitative estimate of drug-likeness (QED) is 0.172. The largest absolute Gasteiger partial charge is 0.208 e. The molecule has 1 unspecified atom stereocenters. The van der Waals surface area contributed by atoms with Crippen molar-refractivity contribution in [2.75, 3.05) is 0 Å². The molecule has 58 heavy (non-hydrogen) atoms. The molecule has 3 heterocycles. The molecule has 0 spiro atoms. The highest BCUT2D eigenvalue weighted by Crippen LogP contribution is 2.69. The molecular weight excluding hydrogens is 723 g/mol. The number of hydrogen-bond acceptors (Lipinski definition) is 3. The van der Waals surface area contributed by atoms with Crippen LogP contribution in [0.4, 0.5) is 0 Å². The molecular formula is C54H39N3S. The lowest BCUT2D eigenvalue weighted by Crippen LogP contribution is -2.24. The van der Waals surface area contributed by atoms with Crippen molar-refractivity contribution in [1.29, 1.82) is 0 Å². The van der Waals surface area contributed by atoms with Gasteiger partial charge in [-0.2, -0.15) is 10.9 Å². The maximum Gasteiger partial charge on any atom is 0.164 e. The van der Waals surface area contributed by atoms with Gasteiger partial charge >= 0.3 is 0 Å². The topological polar surface area (TPSA) is 38.7 Å². The van der Waals surface area contributed by atoms with Crippen molar-refractivity contribution in [3.05, 3.63) is 205 Å². The number of aromatic nitrogens is 3. The second-order valence-corrected chi connectivity index (χ2v) is 17.8. The van der Waals surface area contributed by atoms with Crippen LogP contribution in [0.15, 0.2) is 209 Å². The van der Waals surface area contributed by atoms with Crippen LogP contribution in [0.3, 0.4) is 0 Å². The van der Waals surface area contributed by atoms with Crippen LogP contribution in [-0.2, 0) is 5.41 Å². The first-order valence-corrected chi connectivity index (χ1v) is 21.2. The van der Waals surface area contributed by atoms with E-state index in [0.717, 1.165) is 27.8 Å². The van der Waals surface area contributed by atoms with Crippen LogP contribution in [0.2, 0.25) is 0 Å². The van der Waals surface area contributed by atoms with Crippen LogP contribution in [0, 0.1) is 0 Å². The van der Waals surface area contributed by atoms with Crippen LogP contribution in [0.25, 0.3) is 78.7 Å². The third-order valence-electron chi connectivity index (χ3n) is 11.8. The van der Waals surface area contributed by atoms with E-state index in [1.165, 1.54) is 59.2 Å². The number of nitrogens with zero attached hydrogens (tertiary/aromatic N) is 3. The highest BCUT2D eigenvalue weighted by molar-refractivity contribution is 8.17. The molecule has 1 atom stereocenters. The van der Waals surface area contributed by atoms with E-state index in [1.54, 1.807) is 0 Å². The molecule has 9 aromatic rings. The number of hydrogen-bond donors (Lipinski definition) is 1. The minimum Gasteiger partial charge on any atom is -0.208 e. The summed E-state index contributed by atoms with van der Waals surface area (Å²) < 4.78 is 0. The first kappa shape index (κ1) is 34.4. The summed E-state index contributed by atoms with van der Waals surface area (Å²) in [7, 11) is -0.663. The first-order chi connectivity index (χ1) is 28.5. The van der Waals surface area contributed by atoms with E-state index in [2.05, 4.69) is 190 Å². The Morgan fingerprint density at radius 1 is 0.328 bits per heavy atom. The molecule has 3 nitrogen and oxygen atoms in total. The second kappa shape index (κ2) is 13.7. The van der Waals surface area contributed by atoms with Crippen molar-refractivity contribution in [1.82, 2.24) is 15.0 Å². The molecule has 11 rings (SSSR count). The molecule has 0 saturated heterocycles. The van der Waals surface area contributed by atoms with E-state index in [9.17, 15) is 0 Å². The predicted octanol–water partition coefficient (Wildman–Crippen LogP) is 14.0. The molecule has 0 bridgehead atoms. The molecule has 276 valence electrons. The molecule has 0 radical (unpaired) electrons. The van der Waals surface area contributed by atoms with Gasteiger partial charge in [-0.05, 0) is 103 Å². The highest BCUT2D eigenvalue weighted by atomic mass is 32.2. The third-order valence-corrected chi connectivity index (χ3v) is 14.5. The Morgan fingerprint density at radius 3 is 1.45 bits per heavy atom. The monoisotopic (exact) mass is 761 g/mol. The number of fused-ring (bicyclic) bond motifs is 5. The fourth-order valence-electron chi connectivity index (χ4n) is 8.88. The van der Waals surface area contributed by atoms with Gasteiger partial charge in [0.2, 0.25) is 0 Å². The first-order valence-electron chi connectivity index (χ1n) is 19.9.